The van der Waals surface area contributed by atoms with Crippen molar-refractivity contribution in [3.63, 3.8) is 0 Å². The van der Waals surface area contributed by atoms with Gasteiger partial charge >= 0.3 is 0 Å². The summed E-state index contributed by atoms with van der Waals surface area (Å²) < 4.78 is 11.7. The Morgan fingerprint density at radius 2 is 0.903 bits per heavy atom. The van der Waals surface area contributed by atoms with Crippen molar-refractivity contribution < 1.29 is 8.83 Å². The van der Waals surface area contributed by atoms with Crippen LogP contribution in [0.15, 0.2) is 106 Å². The van der Waals surface area contributed by atoms with Gasteiger partial charge in [0.05, 0.1) is 0 Å². The second kappa shape index (κ2) is 7.26. The highest BCUT2D eigenvalue weighted by atomic mass is 16.4. The van der Waals surface area contributed by atoms with Crippen LogP contribution in [0.4, 0.5) is 0 Å². The number of benzene rings is 4. The van der Waals surface area contributed by atoms with E-state index in [9.17, 15) is 0 Å². The summed E-state index contributed by atoms with van der Waals surface area (Å²) >= 11 is 0. The molecular weight excluding hydrogens is 384 g/mol. The Hall–Kier alpha value is -4.18. The molecule has 0 aliphatic rings. The molecule has 0 saturated carbocycles. The van der Waals surface area contributed by atoms with Gasteiger partial charge in [0.1, 0.15) is 11.0 Å². The fourth-order valence-electron chi connectivity index (χ4n) is 3.76. The number of oxazole rings is 2. The lowest BCUT2D eigenvalue weighted by atomic mass is 10.0. The Bertz CT molecular complexity index is 1310. The van der Waals surface area contributed by atoms with Gasteiger partial charge in [-0.25, -0.2) is 9.97 Å². The van der Waals surface area contributed by atoms with Gasteiger partial charge in [0.25, 0.3) is 0 Å². The number of aromatic nitrogens is 2. The zero-order chi connectivity index (χ0) is 20.6. The molecule has 4 heteroatoms. The molecule has 2 heterocycles. The molecule has 2 aromatic heterocycles. The number of hydrogen-bond acceptors (Lipinski definition) is 4. The predicted octanol–water partition coefficient (Wildman–Crippen LogP) is 6.89. The fraction of sp³-hybridized carbons (Fsp3) is 0.0370. The molecule has 0 bridgehead atoms. The molecule has 0 aliphatic carbocycles. The summed E-state index contributed by atoms with van der Waals surface area (Å²) in [6, 6.07) is 32.4. The van der Waals surface area contributed by atoms with E-state index in [2.05, 4.69) is 58.5 Å². The van der Waals surface area contributed by atoms with Gasteiger partial charge in [0.15, 0.2) is 11.2 Å². The highest BCUT2D eigenvalue weighted by molar-refractivity contribution is 5.76. The molecule has 0 radical (unpaired) electrons. The fourth-order valence-corrected chi connectivity index (χ4v) is 3.76. The second-order valence-electron chi connectivity index (χ2n) is 7.54. The zero-order valence-electron chi connectivity index (χ0n) is 16.7. The third-order valence-corrected chi connectivity index (χ3v) is 5.40. The van der Waals surface area contributed by atoms with Crippen molar-refractivity contribution >= 4 is 22.2 Å². The van der Waals surface area contributed by atoms with E-state index in [0.717, 1.165) is 39.7 Å². The largest absolute Gasteiger partial charge is 0.436 e. The maximum Gasteiger partial charge on any atom is 0.227 e. The van der Waals surface area contributed by atoms with Gasteiger partial charge in [-0.2, -0.15) is 0 Å². The standard InChI is InChI=1S/C27H18N2O2/c1-3-7-24-22(5-1)28-26(30-24)20-13-9-18(10-14-20)17-19-11-15-21(16-12-19)27-29-23-6-2-4-8-25(23)31-27/h1-16H,17H2. The Morgan fingerprint density at radius 3 is 1.32 bits per heavy atom. The number of hydrogen-bond donors (Lipinski definition) is 0. The van der Waals surface area contributed by atoms with E-state index in [-0.39, 0.29) is 0 Å². The molecule has 0 N–H and O–H groups in total. The van der Waals surface area contributed by atoms with Gasteiger partial charge < -0.3 is 8.83 Å². The molecule has 6 rings (SSSR count). The van der Waals surface area contributed by atoms with Crippen LogP contribution in [-0.4, -0.2) is 9.97 Å². The van der Waals surface area contributed by atoms with Crippen LogP contribution in [0.25, 0.3) is 45.1 Å². The first-order chi connectivity index (χ1) is 15.3. The first-order valence-corrected chi connectivity index (χ1v) is 10.2. The number of para-hydroxylation sites is 4. The van der Waals surface area contributed by atoms with Crippen LogP contribution in [0.3, 0.4) is 0 Å². The summed E-state index contributed by atoms with van der Waals surface area (Å²) in [4.78, 5) is 9.14. The number of fused-ring (bicyclic) bond motifs is 2. The third-order valence-electron chi connectivity index (χ3n) is 5.40. The maximum atomic E-state index is 5.86. The Balaban J connectivity index is 1.20. The van der Waals surface area contributed by atoms with Crippen molar-refractivity contribution in [3.8, 4) is 22.9 Å². The summed E-state index contributed by atoms with van der Waals surface area (Å²) in [5, 5.41) is 0. The lowest BCUT2D eigenvalue weighted by Gasteiger charge is -2.04. The molecule has 0 atom stereocenters. The Kier molecular flexibility index (Phi) is 4.13. The molecule has 0 saturated heterocycles. The average Bonchev–Trinajstić information content (AvgIpc) is 3.44. The summed E-state index contributed by atoms with van der Waals surface area (Å²) in [6.07, 6.45) is 0.849. The first kappa shape index (κ1) is 17.7. The van der Waals surface area contributed by atoms with Crippen molar-refractivity contribution in [2.75, 3.05) is 0 Å². The highest BCUT2D eigenvalue weighted by Crippen LogP contribution is 2.26. The van der Waals surface area contributed by atoms with Crippen molar-refractivity contribution in [2.24, 2.45) is 0 Å². The summed E-state index contributed by atoms with van der Waals surface area (Å²) in [5.74, 6) is 1.30. The van der Waals surface area contributed by atoms with Crippen LogP contribution in [0, 0.1) is 0 Å². The average molecular weight is 402 g/mol. The van der Waals surface area contributed by atoms with Gasteiger partial charge in [-0.3, -0.25) is 0 Å². The lowest BCUT2D eigenvalue weighted by molar-refractivity contribution is 0.619. The zero-order valence-corrected chi connectivity index (χ0v) is 16.7. The Morgan fingerprint density at radius 1 is 0.484 bits per heavy atom. The summed E-state index contributed by atoms with van der Waals surface area (Å²) in [7, 11) is 0. The highest BCUT2D eigenvalue weighted by Gasteiger charge is 2.09. The van der Waals surface area contributed by atoms with E-state index in [1.807, 2.05) is 48.5 Å². The molecule has 0 unspecified atom stereocenters. The third kappa shape index (κ3) is 3.38. The SMILES string of the molecule is c1ccc2oc(-c3ccc(Cc4ccc(-c5nc6ccccc6o5)cc4)cc3)nc2c1. The summed E-state index contributed by atoms with van der Waals surface area (Å²) in [5.41, 5.74) is 7.78. The maximum absolute atomic E-state index is 5.86. The van der Waals surface area contributed by atoms with Crippen molar-refractivity contribution in [1.29, 1.82) is 0 Å². The van der Waals surface area contributed by atoms with Gasteiger partial charge in [0.2, 0.25) is 11.8 Å². The molecule has 0 fully saturated rings. The number of rotatable bonds is 4. The van der Waals surface area contributed by atoms with Crippen LogP contribution in [0.5, 0.6) is 0 Å². The number of nitrogens with zero attached hydrogens (tertiary/aromatic N) is 2. The molecule has 0 amide bonds. The molecule has 4 nitrogen and oxygen atoms in total. The van der Waals surface area contributed by atoms with Gasteiger partial charge in [-0.15, -0.1) is 0 Å². The van der Waals surface area contributed by atoms with E-state index < -0.39 is 0 Å². The van der Waals surface area contributed by atoms with Crippen LogP contribution in [0.1, 0.15) is 11.1 Å². The van der Waals surface area contributed by atoms with Crippen molar-refractivity contribution in [3.05, 3.63) is 108 Å². The van der Waals surface area contributed by atoms with Gasteiger partial charge in [0, 0.05) is 11.1 Å². The van der Waals surface area contributed by atoms with E-state index in [1.165, 1.54) is 11.1 Å². The van der Waals surface area contributed by atoms with Crippen molar-refractivity contribution in [1.82, 2.24) is 9.97 Å². The summed E-state index contributed by atoms with van der Waals surface area (Å²) in [6.45, 7) is 0. The molecular formula is C27H18N2O2. The molecule has 0 aliphatic heterocycles. The van der Waals surface area contributed by atoms with Crippen LogP contribution in [0.2, 0.25) is 0 Å². The van der Waals surface area contributed by atoms with Crippen LogP contribution < -0.4 is 0 Å². The molecule has 31 heavy (non-hydrogen) atoms. The van der Waals surface area contributed by atoms with Crippen LogP contribution in [-0.2, 0) is 6.42 Å². The first-order valence-electron chi connectivity index (χ1n) is 10.2. The molecule has 0 spiro atoms. The second-order valence-corrected chi connectivity index (χ2v) is 7.54. The molecule has 148 valence electrons. The molecule has 4 aromatic carbocycles. The van der Waals surface area contributed by atoms with E-state index in [1.54, 1.807) is 0 Å². The quantitative estimate of drug-likeness (QED) is 0.322. The normalized spacial score (nSPS) is 11.4. The Labute approximate surface area is 178 Å². The smallest absolute Gasteiger partial charge is 0.227 e. The topological polar surface area (TPSA) is 52.1 Å². The van der Waals surface area contributed by atoms with E-state index >= 15 is 0 Å². The van der Waals surface area contributed by atoms with Gasteiger partial charge in [-0.1, -0.05) is 48.5 Å². The lowest BCUT2D eigenvalue weighted by Crippen LogP contribution is -1.89. The molecule has 6 aromatic rings. The van der Waals surface area contributed by atoms with Crippen LogP contribution >= 0.6 is 0 Å². The van der Waals surface area contributed by atoms with Crippen molar-refractivity contribution in [2.45, 2.75) is 6.42 Å². The predicted molar refractivity (Wildman–Crippen MR) is 122 cm³/mol. The monoisotopic (exact) mass is 402 g/mol. The van der Waals surface area contributed by atoms with E-state index in [0.29, 0.717) is 11.8 Å². The minimum Gasteiger partial charge on any atom is -0.436 e. The minimum atomic E-state index is 0.649. The minimum absolute atomic E-state index is 0.649. The van der Waals surface area contributed by atoms with E-state index in [4.69, 9.17) is 8.83 Å². The van der Waals surface area contributed by atoms with Gasteiger partial charge in [-0.05, 0) is 66.1 Å².